The molecule has 6 heteroatoms. The van der Waals surface area contributed by atoms with Crippen molar-refractivity contribution in [2.24, 2.45) is 0 Å². The summed E-state index contributed by atoms with van der Waals surface area (Å²) in [6.45, 7) is 0. The summed E-state index contributed by atoms with van der Waals surface area (Å²) in [5, 5.41) is 2.97. The van der Waals surface area contributed by atoms with Crippen molar-refractivity contribution in [3.8, 4) is 11.3 Å². The Kier molecular flexibility index (Phi) is 6.08. The Labute approximate surface area is 180 Å². The molecule has 1 heterocycles. The maximum absolute atomic E-state index is 13.9. The number of nitrogens with one attached hydrogen (secondary N) is 1. The third kappa shape index (κ3) is 4.80. The van der Waals surface area contributed by atoms with Crippen LogP contribution in [-0.4, -0.2) is 17.9 Å². The van der Waals surface area contributed by atoms with Crippen molar-refractivity contribution in [2.45, 2.75) is 12.8 Å². The third-order valence-electron chi connectivity index (χ3n) is 4.94. The van der Waals surface area contributed by atoms with Gasteiger partial charge in [0.05, 0.1) is 23.1 Å². The number of halogens is 1. The highest BCUT2D eigenvalue weighted by Gasteiger charge is 2.14. The number of nitrogens with zero attached hydrogens (tertiary/aromatic N) is 2. The van der Waals surface area contributed by atoms with E-state index < -0.39 is 0 Å². The minimum Gasteiger partial charge on any atom is -0.441 e. The van der Waals surface area contributed by atoms with E-state index in [4.69, 9.17) is 4.42 Å². The molecule has 0 spiro atoms. The van der Waals surface area contributed by atoms with Crippen molar-refractivity contribution in [1.82, 2.24) is 4.98 Å². The first-order valence-electron chi connectivity index (χ1n) is 9.99. The zero-order chi connectivity index (χ0) is 21.6. The summed E-state index contributed by atoms with van der Waals surface area (Å²) >= 11 is 0. The van der Waals surface area contributed by atoms with Crippen LogP contribution in [0.3, 0.4) is 0 Å². The average molecular weight is 415 g/mol. The van der Waals surface area contributed by atoms with Gasteiger partial charge in [-0.2, -0.15) is 0 Å². The number of aryl methyl sites for hydroxylation is 1. The van der Waals surface area contributed by atoms with Gasteiger partial charge < -0.3 is 14.6 Å². The maximum atomic E-state index is 13.9. The van der Waals surface area contributed by atoms with Gasteiger partial charge in [0, 0.05) is 25.6 Å². The van der Waals surface area contributed by atoms with E-state index in [-0.39, 0.29) is 18.1 Å². The molecule has 0 atom stereocenters. The summed E-state index contributed by atoms with van der Waals surface area (Å²) in [4.78, 5) is 18.8. The fourth-order valence-electron chi connectivity index (χ4n) is 3.31. The lowest BCUT2D eigenvalue weighted by Gasteiger charge is -2.22. The number of oxazole rings is 1. The molecule has 1 amide bonds. The number of carbonyl (C=O) groups excluding carboxylic acids is 1. The quantitative estimate of drug-likeness (QED) is 0.413. The molecule has 3 aromatic carbocycles. The first kappa shape index (κ1) is 20.3. The van der Waals surface area contributed by atoms with Gasteiger partial charge in [-0.05, 0) is 36.4 Å². The molecule has 0 radical (unpaired) electrons. The summed E-state index contributed by atoms with van der Waals surface area (Å²) < 4.78 is 19.5. The first-order valence-corrected chi connectivity index (χ1v) is 9.99. The molecular formula is C25H22FN3O2. The number of aromatic nitrogens is 1. The molecule has 0 fully saturated rings. The van der Waals surface area contributed by atoms with E-state index in [0.717, 1.165) is 17.1 Å². The summed E-state index contributed by atoms with van der Waals surface area (Å²) in [6, 6.07) is 23.9. The number of benzene rings is 3. The lowest BCUT2D eigenvalue weighted by Crippen LogP contribution is -2.17. The van der Waals surface area contributed by atoms with Gasteiger partial charge in [-0.3, -0.25) is 4.79 Å². The predicted molar refractivity (Wildman–Crippen MR) is 120 cm³/mol. The van der Waals surface area contributed by atoms with E-state index in [1.54, 1.807) is 18.2 Å². The van der Waals surface area contributed by atoms with Crippen LogP contribution in [0.15, 0.2) is 89.5 Å². The van der Waals surface area contributed by atoms with Crippen molar-refractivity contribution in [3.63, 3.8) is 0 Å². The van der Waals surface area contributed by atoms with E-state index >= 15 is 0 Å². The fourth-order valence-corrected chi connectivity index (χ4v) is 3.31. The van der Waals surface area contributed by atoms with Crippen molar-refractivity contribution < 1.29 is 13.6 Å². The van der Waals surface area contributed by atoms with Gasteiger partial charge in [-0.1, -0.05) is 42.5 Å². The smallest absolute Gasteiger partial charge is 0.224 e. The molecule has 0 aliphatic carbocycles. The highest BCUT2D eigenvalue weighted by atomic mass is 19.1. The zero-order valence-electron chi connectivity index (χ0n) is 17.1. The molecule has 0 bridgehead atoms. The minimum absolute atomic E-state index is 0.153. The highest BCUT2D eigenvalue weighted by molar-refractivity contribution is 5.95. The van der Waals surface area contributed by atoms with Crippen LogP contribution in [0.4, 0.5) is 21.5 Å². The third-order valence-corrected chi connectivity index (χ3v) is 4.94. The number of hydrogen-bond acceptors (Lipinski definition) is 4. The second-order valence-electron chi connectivity index (χ2n) is 7.06. The minimum atomic E-state index is -0.373. The molecule has 1 N–H and O–H groups in total. The van der Waals surface area contributed by atoms with Crippen LogP contribution in [-0.2, 0) is 11.2 Å². The van der Waals surface area contributed by atoms with Crippen LogP contribution in [0, 0.1) is 5.82 Å². The first-order chi connectivity index (χ1) is 15.1. The number of hydrogen-bond donors (Lipinski definition) is 1. The van der Waals surface area contributed by atoms with Crippen LogP contribution in [0.2, 0.25) is 0 Å². The fraction of sp³-hybridized carbons (Fsp3) is 0.120. The molecule has 5 nitrogen and oxygen atoms in total. The number of carbonyl (C=O) groups is 1. The standard InChI is InChI=1S/C25H22FN3O2/c1-29(18-9-3-2-4-10-18)22-14-8-7-13-21(22)28-24(30)15-16-25-27-17-23(31-25)19-11-5-6-12-20(19)26/h2-14,17H,15-16H2,1H3,(H,28,30). The molecule has 156 valence electrons. The van der Waals surface area contributed by atoms with Crippen LogP contribution >= 0.6 is 0 Å². The van der Waals surface area contributed by atoms with Gasteiger partial charge in [0.1, 0.15) is 5.82 Å². The van der Waals surface area contributed by atoms with Crippen molar-refractivity contribution in [1.29, 1.82) is 0 Å². The second-order valence-corrected chi connectivity index (χ2v) is 7.06. The summed E-state index contributed by atoms with van der Waals surface area (Å²) in [5.74, 6) is 0.216. The number of anilines is 3. The largest absolute Gasteiger partial charge is 0.441 e. The van der Waals surface area contributed by atoms with E-state index in [0.29, 0.717) is 23.6 Å². The molecule has 4 aromatic rings. The average Bonchev–Trinajstić information content (AvgIpc) is 3.27. The van der Waals surface area contributed by atoms with Gasteiger partial charge in [0.15, 0.2) is 11.7 Å². The molecular weight excluding hydrogens is 393 g/mol. The summed E-state index contributed by atoms with van der Waals surface area (Å²) in [7, 11) is 1.96. The normalized spacial score (nSPS) is 10.6. The maximum Gasteiger partial charge on any atom is 0.224 e. The number of amides is 1. The topological polar surface area (TPSA) is 58.4 Å². The monoisotopic (exact) mass is 415 g/mol. The Bertz CT molecular complexity index is 1170. The Morgan fingerprint density at radius 2 is 1.71 bits per heavy atom. The summed E-state index contributed by atoms with van der Waals surface area (Å²) in [5.41, 5.74) is 2.98. The van der Waals surface area contributed by atoms with Crippen LogP contribution in [0.25, 0.3) is 11.3 Å². The SMILES string of the molecule is CN(c1ccccc1)c1ccccc1NC(=O)CCc1ncc(-c2ccccc2F)o1. The van der Waals surface area contributed by atoms with Crippen LogP contribution < -0.4 is 10.2 Å². The second kappa shape index (κ2) is 9.26. The lowest BCUT2D eigenvalue weighted by atomic mass is 10.2. The zero-order valence-corrected chi connectivity index (χ0v) is 17.1. The Hall–Kier alpha value is -3.93. The molecule has 0 unspecified atom stereocenters. The molecule has 0 saturated carbocycles. The number of para-hydroxylation sites is 3. The van der Waals surface area contributed by atoms with E-state index in [9.17, 15) is 9.18 Å². The Balaban J connectivity index is 1.41. The van der Waals surface area contributed by atoms with Crippen molar-refractivity contribution >= 4 is 23.0 Å². The molecule has 0 saturated heterocycles. The van der Waals surface area contributed by atoms with Gasteiger partial charge in [-0.15, -0.1) is 0 Å². The van der Waals surface area contributed by atoms with E-state index in [1.807, 2.05) is 66.5 Å². The van der Waals surface area contributed by atoms with Gasteiger partial charge in [-0.25, -0.2) is 9.37 Å². The summed E-state index contributed by atoms with van der Waals surface area (Å²) in [6.07, 6.45) is 1.99. The van der Waals surface area contributed by atoms with E-state index in [1.165, 1.54) is 12.3 Å². The van der Waals surface area contributed by atoms with Crippen LogP contribution in [0.1, 0.15) is 12.3 Å². The Morgan fingerprint density at radius 3 is 2.52 bits per heavy atom. The molecule has 31 heavy (non-hydrogen) atoms. The molecule has 1 aromatic heterocycles. The molecule has 0 aliphatic heterocycles. The Morgan fingerprint density at radius 1 is 1.00 bits per heavy atom. The van der Waals surface area contributed by atoms with Gasteiger partial charge >= 0.3 is 0 Å². The molecule has 4 rings (SSSR count). The predicted octanol–water partition coefficient (Wildman–Crippen LogP) is 5.82. The number of rotatable bonds is 7. The highest BCUT2D eigenvalue weighted by Crippen LogP contribution is 2.30. The van der Waals surface area contributed by atoms with E-state index in [2.05, 4.69) is 10.3 Å². The lowest BCUT2D eigenvalue weighted by molar-refractivity contribution is -0.116. The van der Waals surface area contributed by atoms with Crippen molar-refractivity contribution in [3.05, 3.63) is 96.8 Å². The van der Waals surface area contributed by atoms with Gasteiger partial charge in [0.25, 0.3) is 0 Å². The van der Waals surface area contributed by atoms with Gasteiger partial charge in [0.2, 0.25) is 5.91 Å². The molecule has 0 aliphatic rings. The van der Waals surface area contributed by atoms with Crippen LogP contribution in [0.5, 0.6) is 0 Å². The van der Waals surface area contributed by atoms with Crippen molar-refractivity contribution in [2.75, 3.05) is 17.3 Å².